The molecule has 1 unspecified atom stereocenters. The highest BCUT2D eigenvalue weighted by Gasteiger charge is 2.46. The van der Waals surface area contributed by atoms with E-state index in [9.17, 15) is 19.1 Å². The van der Waals surface area contributed by atoms with Crippen molar-refractivity contribution in [3.63, 3.8) is 0 Å². The highest BCUT2D eigenvalue weighted by atomic mass is 19.1. The maximum atomic E-state index is 14.7. The van der Waals surface area contributed by atoms with Gasteiger partial charge in [-0.1, -0.05) is 18.2 Å². The van der Waals surface area contributed by atoms with Crippen molar-refractivity contribution in [3.05, 3.63) is 95.4 Å². The number of carbonyl (C=O) groups excluding carboxylic acids is 2. The number of rotatable bonds is 5. The van der Waals surface area contributed by atoms with E-state index in [4.69, 9.17) is 9.15 Å². The number of amides is 1. The van der Waals surface area contributed by atoms with E-state index in [0.717, 1.165) is 0 Å². The van der Waals surface area contributed by atoms with Crippen LogP contribution in [0, 0.1) is 5.82 Å². The zero-order chi connectivity index (χ0) is 20.5. The van der Waals surface area contributed by atoms with E-state index in [1.807, 2.05) is 0 Å². The molecule has 0 saturated carbocycles. The van der Waals surface area contributed by atoms with Crippen molar-refractivity contribution in [2.75, 3.05) is 12.0 Å². The predicted molar refractivity (Wildman–Crippen MR) is 102 cm³/mol. The van der Waals surface area contributed by atoms with E-state index in [2.05, 4.69) is 0 Å². The van der Waals surface area contributed by atoms with Crippen LogP contribution < -0.4 is 9.64 Å². The number of methoxy groups -OCH3 is 1. The van der Waals surface area contributed by atoms with Crippen LogP contribution in [0.1, 0.15) is 22.2 Å². The fraction of sp³-hybridized carbons (Fsp3) is 0.0909. The van der Waals surface area contributed by atoms with Crippen molar-refractivity contribution in [1.82, 2.24) is 0 Å². The molecule has 1 amide bonds. The van der Waals surface area contributed by atoms with Gasteiger partial charge in [0.2, 0.25) is 5.78 Å². The average molecular weight is 393 g/mol. The number of Topliss-reactive ketones (excluding diaryl/α,β-unsaturated/α-hetero) is 1. The maximum absolute atomic E-state index is 14.7. The van der Waals surface area contributed by atoms with Gasteiger partial charge in [0.25, 0.3) is 5.91 Å². The molecule has 1 aromatic heterocycles. The molecule has 0 fully saturated rings. The second-order valence-corrected chi connectivity index (χ2v) is 6.37. The van der Waals surface area contributed by atoms with Gasteiger partial charge in [-0.2, -0.15) is 0 Å². The third-order valence-corrected chi connectivity index (χ3v) is 4.75. The smallest absolute Gasteiger partial charge is 0.294 e. The van der Waals surface area contributed by atoms with E-state index in [1.54, 1.807) is 30.3 Å². The van der Waals surface area contributed by atoms with Crippen LogP contribution in [0.4, 0.5) is 10.1 Å². The molecule has 0 saturated heterocycles. The van der Waals surface area contributed by atoms with Gasteiger partial charge in [0.05, 0.1) is 25.0 Å². The molecule has 146 valence electrons. The lowest BCUT2D eigenvalue weighted by Crippen LogP contribution is -2.31. The van der Waals surface area contributed by atoms with Crippen molar-refractivity contribution in [3.8, 4) is 5.75 Å². The summed E-state index contributed by atoms with van der Waals surface area (Å²) in [4.78, 5) is 27.1. The lowest BCUT2D eigenvalue weighted by Gasteiger charge is -2.27. The topological polar surface area (TPSA) is 80.0 Å². The Balaban J connectivity index is 1.88. The first-order chi connectivity index (χ1) is 14.0. The normalized spacial score (nSPS) is 16.4. The summed E-state index contributed by atoms with van der Waals surface area (Å²) in [7, 11) is 1.51. The SMILES string of the molecule is COc1ccc(N2C(=O)C(O)=C(C(=O)c3ccco3)C2c2ccccc2F)cc1. The first-order valence-electron chi connectivity index (χ1n) is 8.76. The Morgan fingerprint density at radius 1 is 1.10 bits per heavy atom. The van der Waals surface area contributed by atoms with Crippen LogP contribution in [0.2, 0.25) is 0 Å². The molecule has 2 aromatic carbocycles. The van der Waals surface area contributed by atoms with E-state index < -0.39 is 29.3 Å². The van der Waals surface area contributed by atoms with Crippen LogP contribution in [0.5, 0.6) is 5.75 Å². The molecule has 1 N–H and O–H groups in total. The molecule has 0 radical (unpaired) electrons. The van der Waals surface area contributed by atoms with Crippen LogP contribution in [-0.4, -0.2) is 23.9 Å². The van der Waals surface area contributed by atoms with Crippen molar-refractivity contribution in [2.24, 2.45) is 0 Å². The summed E-state index contributed by atoms with van der Waals surface area (Å²) >= 11 is 0. The molecule has 0 aliphatic carbocycles. The number of ether oxygens (including phenoxy) is 1. The van der Waals surface area contributed by atoms with E-state index in [1.165, 1.54) is 48.6 Å². The minimum Gasteiger partial charge on any atom is -0.503 e. The fourth-order valence-corrected chi connectivity index (χ4v) is 3.38. The molecule has 2 heterocycles. The lowest BCUT2D eigenvalue weighted by atomic mass is 9.94. The van der Waals surface area contributed by atoms with Gasteiger partial charge in [0.15, 0.2) is 11.5 Å². The minimum absolute atomic E-state index is 0.0581. The number of halogens is 1. The fourth-order valence-electron chi connectivity index (χ4n) is 3.38. The Labute approximate surface area is 165 Å². The number of hydrogen-bond donors (Lipinski definition) is 1. The van der Waals surface area contributed by atoms with E-state index in [-0.39, 0.29) is 16.9 Å². The first kappa shape index (κ1) is 18.5. The number of aliphatic hydroxyl groups excluding tert-OH is 1. The van der Waals surface area contributed by atoms with Gasteiger partial charge < -0.3 is 14.3 Å². The third kappa shape index (κ3) is 3.06. The standard InChI is InChI=1S/C22H16FNO5/c1-28-14-10-8-13(9-11-14)24-19(15-5-2-3-6-16(15)23)18(21(26)22(24)27)20(25)17-7-4-12-29-17/h2-12,19,26H,1H3. The lowest BCUT2D eigenvalue weighted by molar-refractivity contribution is -0.117. The summed E-state index contributed by atoms with van der Waals surface area (Å²) in [5, 5.41) is 10.6. The molecule has 3 aromatic rings. The summed E-state index contributed by atoms with van der Waals surface area (Å²) in [5.74, 6) is -2.34. The Kier molecular flexibility index (Phi) is 4.64. The van der Waals surface area contributed by atoms with Crippen LogP contribution in [0.25, 0.3) is 0 Å². The number of ketones is 1. The maximum Gasteiger partial charge on any atom is 0.294 e. The van der Waals surface area contributed by atoms with Crippen LogP contribution in [-0.2, 0) is 4.79 Å². The number of benzene rings is 2. The first-order valence-corrected chi connectivity index (χ1v) is 8.76. The Bertz CT molecular complexity index is 1100. The van der Waals surface area contributed by atoms with E-state index >= 15 is 0 Å². The van der Waals surface area contributed by atoms with Gasteiger partial charge in [-0.05, 0) is 42.5 Å². The zero-order valence-corrected chi connectivity index (χ0v) is 15.3. The van der Waals surface area contributed by atoms with Gasteiger partial charge in [-0.15, -0.1) is 0 Å². The van der Waals surface area contributed by atoms with Crippen molar-refractivity contribution < 1.29 is 28.2 Å². The summed E-state index contributed by atoms with van der Waals surface area (Å²) in [5.41, 5.74) is 0.208. The van der Waals surface area contributed by atoms with Gasteiger partial charge in [0.1, 0.15) is 11.6 Å². The van der Waals surface area contributed by atoms with Crippen LogP contribution >= 0.6 is 0 Å². The molecule has 7 heteroatoms. The molecule has 4 rings (SSSR count). The number of furan rings is 1. The number of hydrogen-bond acceptors (Lipinski definition) is 5. The van der Waals surface area contributed by atoms with Crippen LogP contribution in [0.3, 0.4) is 0 Å². The minimum atomic E-state index is -1.16. The van der Waals surface area contributed by atoms with Gasteiger partial charge in [-0.3, -0.25) is 14.5 Å². The van der Waals surface area contributed by atoms with Gasteiger partial charge in [0, 0.05) is 11.3 Å². The molecule has 1 aliphatic rings. The second kappa shape index (κ2) is 7.27. The van der Waals surface area contributed by atoms with Crippen molar-refractivity contribution in [1.29, 1.82) is 0 Å². The number of aliphatic hydroxyl groups is 1. The Morgan fingerprint density at radius 3 is 2.45 bits per heavy atom. The average Bonchev–Trinajstić information content (AvgIpc) is 3.36. The predicted octanol–water partition coefficient (Wildman–Crippen LogP) is 4.21. The highest BCUT2D eigenvalue weighted by Crippen LogP contribution is 2.42. The second-order valence-electron chi connectivity index (χ2n) is 6.37. The summed E-state index contributed by atoms with van der Waals surface area (Å²) < 4.78 is 25.0. The van der Waals surface area contributed by atoms with Crippen molar-refractivity contribution in [2.45, 2.75) is 6.04 Å². The molecule has 1 aliphatic heterocycles. The molecule has 6 nitrogen and oxygen atoms in total. The number of anilines is 1. The third-order valence-electron chi connectivity index (χ3n) is 4.75. The molecular weight excluding hydrogens is 377 g/mol. The molecule has 0 spiro atoms. The number of carbonyl (C=O) groups is 2. The summed E-state index contributed by atoms with van der Waals surface area (Å²) in [6.07, 6.45) is 1.31. The molecule has 0 bridgehead atoms. The van der Waals surface area contributed by atoms with Crippen molar-refractivity contribution >= 4 is 17.4 Å². The quantitative estimate of drug-likeness (QED) is 0.657. The van der Waals surface area contributed by atoms with Crippen LogP contribution in [0.15, 0.2) is 82.7 Å². The summed E-state index contributed by atoms with van der Waals surface area (Å²) in [6, 6.07) is 14.0. The largest absolute Gasteiger partial charge is 0.503 e. The molecule has 29 heavy (non-hydrogen) atoms. The van der Waals surface area contributed by atoms with Gasteiger partial charge in [-0.25, -0.2) is 4.39 Å². The van der Waals surface area contributed by atoms with E-state index in [0.29, 0.717) is 11.4 Å². The van der Waals surface area contributed by atoms with Gasteiger partial charge >= 0.3 is 0 Å². The Morgan fingerprint density at radius 2 is 1.83 bits per heavy atom. The highest BCUT2D eigenvalue weighted by molar-refractivity contribution is 6.20. The molecular formula is C22H16FNO5. The monoisotopic (exact) mass is 393 g/mol. The summed E-state index contributed by atoms with van der Waals surface area (Å²) in [6.45, 7) is 0. The zero-order valence-electron chi connectivity index (χ0n) is 15.3. The Hall–Kier alpha value is -3.87. The number of nitrogens with zero attached hydrogens (tertiary/aromatic N) is 1. The molecule has 1 atom stereocenters.